The van der Waals surface area contributed by atoms with E-state index in [1.54, 1.807) is 33.0 Å². The third-order valence-electron chi connectivity index (χ3n) is 5.11. The summed E-state index contributed by atoms with van der Waals surface area (Å²) in [5, 5.41) is 27.5. The van der Waals surface area contributed by atoms with Crippen molar-refractivity contribution in [3.63, 3.8) is 0 Å². The Hall–Kier alpha value is -3.60. The minimum Gasteiger partial charge on any atom is -0.494 e. The monoisotopic (exact) mass is 506 g/mol. The van der Waals surface area contributed by atoms with Crippen LogP contribution >= 0.6 is 0 Å². The highest BCUT2D eigenvalue weighted by atomic mass is 19.1. The Morgan fingerprint density at radius 2 is 1.97 bits per heavy atom. The van der Waals surface area contributed by atoms with Crippen LogP contribution in [0, 0.1) is 17.6 Å². The minimum absolute atomic E-state index is 0.0602. The second-order valence-corrected chi connectivity index (χ2v) is 9.51. The van der Waals surface area contributed by atoms with Crippen molar-refractivity contribution < 1.29 is 33.3 Å². The number of nitrogens with zero attached hydrogens (tertiary/aromatic N) is 3. The van der Waals surface area contributed by atoms with Gasteiger partial charge in [-0.2, -0.15) is 9.49 Å². The maximum Gasteiger partial charge on any atom is 0.248 e. The van der Waals surface area contributed by atoms with Crippen LogP contribution in [0.4, 0.5) is 14.6 Å². The van der Waals surface area contributed by atoms with Gasteiger partial charge in [0.1, 0.15) is 11.8 Å². The number of carbonyl (C=O) groups excluding carboxylic acids is 1. The fourth-order valence-corrected chi connectivity index (χ4v) is 3.66. The number of hydrogen-bond donors (Lipinski definition) is 3. The molecule has 0 fully saturated rings. The molecule has 2 heterocycles. The van der Waals surface area contributed by atoms with Gasteiger partial charge in [0.25, 0.3) is 0 Å². The number of nitrogens with one attached hydrogen (secondary N) is 1. The molecule has 1 amide bonds. The molecule has 1 atom stereocenters. The fraction of sp³-hybridized carbons (Fsp3) is 0.440. The van der Waals surface area contributed by atoms with Crippen molar-refractivity contribution in [3.8, 4) is 23.1 Å². The first kappa shape index (κ1) is 27.0. The van der Waals surface area contributed by atoms with Crippen molar-refractivity contribution in [2.24, 2.45) is 5.92 Å². The zero-order chi connectivity index (χ0) is 26.6. The van der Waals surface area contributed by atoms with Crippen molar-refractivity contribution in [2.45, 2.75) is 59.2 Å². The Bertz CT molecular complexity index is 1200. The average Bonchev–Trinajstić information content (AvgIpc) is 3.35. The molecule has 0 saturated heterocycles. The number of hydrogen-bond acceptors (Lipinski definition) is 6. The number of aliphatic hydroxyl groups is 1. The van der Waals surface area contributed by atoms with E-state index in [1.807, 2.05) is 13.8 Å². The molecule has 0 unspecified atom stereocenters. The molecule has 0 saturated carbocycles. The van der Waals surface area contributed by atoms with E-state index in [4.69, 9.17) is 9.47 Å². The zero-order valence-electron chi connectivity index (χ0n) is 21.0. The normalized spacial score (nSPS) is 12.6. The van der Waals surface area contributed by atoms with Gasteiger partial charge in [0.15, 0.2) is 23.3 Å². The topological polar surface area (TPSA) is 111 Å². The number of amides is 1. The van der Waals surface area contributed by atoms with Crippen LogP contribution in [0.2, 0.25) is 0 Å². The molecular weight excluding hydrogens is 474 g/mol. The van der Waals surface area contributed by atoms with Crippen LogP contribution in [-0.2, 0) is 11.3 Å². The van der Waals surface area contributed by atoms with Crippen LogP contribution in [0.25, 0.3) is 0 Å². The first-order valence-electron chi connectivity index (χ1n) is 11.6. The second kappa shape index (κ2) is 11.0. The number of aromatic hydroxyl groups is 1. The Morgan fingerprint density at radius 1 is 1.25 bits per heavy atom. The van der Waals surface area contributed by atoms with Crippen LogP contribution < -0.4 is 14.8 Å². The maximum atomic E-state index is 14.7. The smallest absolute Gasteiger partial charge is 0.248 e. The van der Waals surface area contributed by atoms with Crippen molar-refractivity contribution in [1.82, 2.24) is 14.3 Å². The van der Waals surface area contributed by atoms with E-state index in [9.17, 15) is 23.8 Å². The van der Waals surface area contributed by atoms with E-state index < -0.39 is 34.9 Å². The van der Waals surface area contributed by atoms with Gasteiger partial charge in [0, 0.05) is 18.3 Å². The Balaban J connectivity index is 1.84. The maximum absolute atomic E-state index is 14.7. The average molecular weight is 507 g/mol. The van der Waals surface area contributed by atoms with Crippen LogP contribution in [0.1, 0.15) is 47.1 Å². The van der Waals surface area contributed by atoms with Crippen LogP contribution in [0.3, 0.4) is 0 Å². The van der Waals surface area contributed by atoms with E-state index in [2.05, 4.69) is 10.4 Å². The first-order chi connectivity index (χ1) is 16.9. The van der Waals surface area contributed by atoms with E-state index in [0.29, 0.717) is 6.42 Å². The molecule has 196 valence electrons. The lowest BCUT2D eigenvalue weighted by molar-refractivity contribution is -0.119. The van der Waals surface area contributed by atoms with Gasteiger partial charge in [0.2, 0.25) is 17.5 Å². The predicted molar refractivity (Wildman–Crippen MR) is 129 cm³/mol. The lowest BCUT2D eigenvalue weighted by Gasteiger charge is -2.20. The quantitative estimate of drug-likeness (QED) is 0.343. The van der Waals surface area contributed by atoms with Gasteiger partial charge in [-0.1, -0.05) is 13.8 Å². The molecule has 3 rings (SSSR count). The summed E-state index contributed by atoms with van der Waals surface area (Å²) in [7, 11) is 0. The molecule has 0 aliphatic rings. The lowest BCUT2D eigenvalue weighted by atomic mass is 10.0. The van der Waals surface area contributed by atoms with Crippen LogP contribution in [0.5, 0.6) is 23.1 Å². The summed E-state index contributed by atoms with van der Waals surface area (Å²) < 4.78 is 42.3. The van der Waals surface area contributed by atoms with Gasteiger partial charge in [-0.3, -0.25) is 9.48 Å². The van der Waals surface area contributed by atoms with E-state index in [0.717, 1.165) is 12.1 Å². The number of rotatable bonds is 11. The fourth-order valence-electron chi connectivity index (χ4n) is 3.66. The Kier molecular flexibility index (Phi) is 8.24. The molecule has 1 aromatic carbocycles. The molecule has 2 aromatic heterocycles. The summed E-state index contributed by atoms with van der Waals surface area (Å²) in [5.74, 6) is -3.29. The standard InChI is InChI=1S/C25H32F2N4O5/c1-6-35-19-8-7-17(26)23(22(19)27)36-16-12-21(32)31(13-16)18(11-15(2)3)24(33)28-20-9-10-30(29-20)14-25(4,5)34/h7-10,12-13,15,18,32,34H,6,11,14H2,1-5H3,(H,28,29,33)/t18-/m0/s1. The third-order valence-corrected chi connectivity index (χ3v) is 5.11. The number of carbonyl (C=O) groups is 1. The molecule has 0 radical (unpaired) electrons. The Morgan fingerprint density at radius 3 is 2.61 bits per heavy atom. The molecule has 36 heavy (non-hydrogen) atoms. The number of benzene rings is 1. The van der Waals surface area contributed by atoms with Gasteiger partial charge >= 0.3 is 0 Å². The molecule has 3 aromatic rings. The van der Waals surface area contributed by atoms with Crippen LogP contribution in [0.15, 0.2) is 36.7 Å². The minimum atomic E-state index is -1.01. The van der Waals surface area contributed by atoms with Crippen molar-refractivity contribution in [3.05, 3.63) is 48.3 Å². The molecule has 0 bridgehead atoms. The summed E-state index contributed by atoms with van der Waals surface area (Å²) in [6.07, 6.45) is 3.28. The molecule has 11 heteroatoms. The molecule has 0 aliphatic heterocycles. The van der Waals surface area contributed by atoms with E-state index >= 15 is 0 Å². The van der Waals surface area contributed by atoms with Crippen molar-refractivity contribution in [1.29, 1.82) is 0 Å². The van der Waals surface area contributed by atoms with E-state index in [-0.39, 0.29) is 42.3 Å². The number of anilines is 1. The number of aromatic nitrogens is 3. The number of halogens is 2. The summed E-state index contributed by atoms with van der Waals surface area (Å²) in [4.78, 5) is 13.2. The highest BCUT2D eigenvalue weighted by Gasteiger charge is 2.27. The summed E-state index contributed by atoms with van der Waals surface area (Å²) >= 11 is 0. The van der Waals surface area contributed by atoms with E-state index in [1.165, 1.54) is 21.5 Å². The second-order valence-electron chi connectivity index (χ2n) is 9.51. The summed E-state index contributed by atoms with van der Waals surface area (Å²) in [5.41, 5.74) is -0.984. The van der Waals surface area contributed by atoms with Crippen LogP contribution in [-0.4, -0.2) is 42.7 Å². The molecule has 9 nitrogen and oxygen atoms in total. The van der Waals surface area contributed by atoms with Crippen molar-refractivity contribution >= 4 is 11.7 Å². The summed E-state index contributed by atoms with van der Waals surface area (Å²) in [6.45, 7) is 9.20. The van der Waals surface area contributed by atoms with Gasteiger partial charge in [-0.05, 0) is 45.2 Å². The third kappa shape index (κ3) is 6.75. The molecule has 0 spiro atoms. The SMILES string of the molecule is CCOc1ccc(F)c(Oc2cc(O)n([C@@H](CC(C)C)C(=O)Nc3ccn(CC(C)(C)O)n3)c2)c1F. The number of ether oxygens (including phenoxy) is 2. The van der Waals surface area contributed by atoms with Gasteiger partial charge in [0.05, 0.1) is 24.9 Å². The largest absolute Gasteiger partial charge is 0.494 e. The summed E-state index contributed by atoms with van der Waals surface area (Å²) in [6, 6.07) is 4.08. The molecule has 3 N–H and O–H groups in total. The van der Waals surface area contributed by atoms with Crippen molar-refractivity contribution in [2.75, 3.05) is 11.9 Å². The van der Waals surface area contributed by atoms with Gasteiger partial charge < -0.3 is 29.6 Å². The molecular formula is C25H32F2N4O5. The molecule has 0 aliphatic carbocycles. The first-order valence-corrected chi connectivity index (χ1v) is 11.6. The Labute approximate surface area is 208 Å². The highest BCUT2D eigenvalue weighted by molar-refractivity contribution is 5.93. The lowest BCUT2D eigenvalue weighted by Crippen LogP contribution is -2.28. The van der Waals surface area contributed by atoms with Gasteiger partial charge in [-0.15, -0.1) is 0 Å². The highest BCUT2D eigenvalue weighted by Crippen LogP contribution is 2.36. The zero-order valence-corrected chi connectivity index (χ0v) is 21.0. The predicted octanol–water partition coefficient (Wildman–Crippen LogP) is 4.86. The van der Waals surface area contributed by atoms with Gasteiger partial charge in [-0.25, -0.2) is 4.39 Å².